The molecule has 0 saturated heterocycles. The Morgan fingerprint density at radius 1 is 0.554 bits per heavy atom. The molecule has 1 aromatic heterocycles. The van der Waals surface area contributed by atoms with Crippen LogP contribution in [0.25, 0.3) is 56.2 Å². The van der Waals surface area contributed by atoms with Gasteiger partial charge in [-0.1, -0.05) is 123 Å². The molecule has 0 saturated carbocycles. The number of aromatic nitrogens is 2. The first-order chi connectivity index (χ1) is 27.4. The number of hydrogen-bond acceptors (Lipinski definition) is 5. The van der Waals surface area contributed by atoms with E-state index in [4.69, 9.17) is 9.97 Å². The summed E-state index contributed by atoms with van der Waals surface area (Å²) in [5.41, 5.74) is 15.6. The molecule has 5 heteroatoms. The van der Waals surface area contributed by atoms with Crippen molar-refractivity contribution in [2.75, 3.05) is 4.90 Å². The molecule has 0 spiro atoms. The van der Waals surface area contributed by atoms with Crippen molar-refractivity contribution < 1.29 is 0 Å². The van der Waals surface area contributed by atoms with Crippen LogP contribution in [0.2, 0.25) is 0 Å². The molecule has 56 heavy (non-hydrogen) atoms. The second-order valence-corrected chi connectivity index (χ2v) is 15.3. The maximum Gasteiger partial charge on any atom is 0.160 e. The molecule has 2 aliphatic carbocycles. The van der Waals surface area contributed by atoms with Crippen LogP contribution < -0.4 is 4.90 Å². The van der Waals surface area contributed by atoms with Gasteiger partial charge in [-0.3, -0.25) is 0 Å². The Labute approximate surface area is 326 Å². The summed E-state index contributed by atoms with van der Waals surface area (Å²) in [6.07, 6.45) is 8.92. The van der Waals surface area contributed by atoms with E-state index in [2.05, 4.69) is 140 Å². The third-order valence-electron chi connectivity index (χ3n) is 11.6. The third kappa shape index (κ3) is 5.36. The van der Waals surface area contributed by atoms with Crippen molar-refractivity contribution >= 4 is 11.4 Å². The maximum absolute atomic E-state index is 9.99. The van der Waals surface area contributed by atoms with Gasteiger partial charge in [-0.2, -0.15) is 10.5 Å². The lowest BCUT2D eigenvalue weighted by Crippen LogP contribution is -2.28. The zero-order valence-corrected chi connectivity index (χ0v) is 31.0. The highest BCUT2D eigenvalue weighted by Gasteiger charge is 2.42. The van der Waals surface area contributed by atoms with Gasteiger partial charge in [0, 0.05) is 39.4 Å². The highest BCUT2D eigenvalue weighted by molar-refractivity contribution is 5.89. The first-order valence-corrected chi connectivity index (χ1v) is 18.9. The van der Waals surface area contributed by atoms with Crippen molar-refractivity contribution in [1.29, 1.82) is 10.5 Å². The van der Waals surface area contributed by atoms with E-state index in [9.17, 15) is 10.5 Å². The van der Waals surface area contributed by atoms with Crippen LogP contribution in [0, 0.1) is 22.7 Å². The summed E-state index contributed by atoms with van der Waals surface area (Å²) in [7, 11) is 0. The third-order valence-corrected chi connectivity index (χ3v) is 11.6. The van der Waals surface area contributed by atoms with Gasteiger partial charge in [0.2, 0.25) is 0 Å². The van der Waals surface area contributed by atoms with Crippen molar-refractivity contribution in [1.82, 2.24) is 9.97 Å². The van der Waals surface area contributed by atoms with Gasteiger partial charge in [-0.15, -0.1) is 0 Å². The van der Waals surface area contributed by atoms with E-state index in [1.807, 2.05) is 48.5 Å². The summed E-state index contributed by atoms with van der Waals surface area (Å²) in [5.74, 6) is 0.739. The van der Waals surface area contributed by atoms with E-state index in [0.717, 1.165) is 44.9 Å². The molecule has 0 N–H and O–H groups in total. The predicted octanol–water partition coefficient (Wildman–Crippen LogP) is 11.9. The zero-order chi connectivity index (χ0) is 38.0. The number of benzene rings is 6. The summed E-state index contributed by atoms with van der Waals surface area (Å²) in [6.45, 7) is 4.65. The van der Waals surface area contributed by atoms with Gasteiger partial charge in [0.25, 0.3) is 0 Å². The van der Waals surface area contributed by atoms with Gasteiger partial charge in [0.05, 0.1) is 40.7 Å². The molecule has 0 amide bonds. The SMILES string of the molecule is CC1(C)c2ccccc2-c2cc3c(cc21)N(c1cc(-c2cc(C#N)cc(C#N)c2)cc(-c2nc(-c4ccccc4)cc(-c4ccccc4)n2)c1)C1C=CC=CC31. The number of fused-ring (bicyclic) bond motifs is 6. The van der Waals surface area contributed by atoms with E-state index in [1.165, 1.54) is 33.5 Å². The van der Waals surface area contributed by atoms with Crippen LogP contribution in [0.15, 0.2) is 164 Å². The van der Waals surface area contributed by atoms with Crippen molar-refractivity contribution in [2.45, 2.75) is 31.2 Å². The molecule has 2 unspecified atom stereocenters. The van der Waals surface area contributed by atoms with Crippen molar-refractivity contribution in [3.05, 3.63) is 192 Å². The maximum atomic E-state index is 9.99. The quantitative estimate of drug-likeness (QED) is 0.177. The van der Waals surface area contributed by atoms with Crippen molar-refractivity contribution in [3.63, 3.8) is 0 Å². The molecule has 0 fully saturated rings. The first-order valence-electron chi connectivity index (χ1n) is 18.9. The van der Waals surface area contributed by atoms with Crippen molar-refractivity contribution in [2.24, 2.45) is 0 Å². The van der Waals surface area contributed by atoms with Crippen LogP contribution in [0.4, 0.5) is 11.4 Å². The largest absolute Gasteiger partial charge is 0.333 e. The minimum Gasteiger partial charge on any atom is -0.333 e. The van der Waals surface area contributed by atoms with Crippen LogP contribution in [-0.2, 0) is 5.41 Å². The number of nitrogens with zero attached hydrogens (tertiary/aromatic N) is 5. The molecule has 7 aromatic rings. The average Bonchev–Trinajstić information content (AvgIpc) is 3.70. The molecular formula is C51H35N5. The van der Waals surface area contributed by atoms with Gasteiger partial charge in [-0.05, 0) is 93.5 Å². The monoisotopic (exact) mass is 717 g/mol. The zero-order valence-electron chi connectivity index (χ0n) is 31.0. The molecule has 3 aliphatic rings. The fraction of sp³-hybridized carbons (Fsp3) is 0.0980. The Morgan fingerprint density at radius 2 is 1.16 bits per heavy atom. The van der Waals surface area contributed by atoms with Gasteiger partial charge in [-0.25, -0.2) is 9.97 Å². The second kappa shape index (κ2) is 12.9. The molecule has 5 nitrogen and oxygen atoms in total. The lowest BCUT2D eigenvalue weighted by Gasteiger charge is -2.30. The molecule has 264 valence electrons. The predicted molar refractivity (Wildman–Crippen MR) is 224 cm³/mol. The van der Waals surface area contributed by atoms with E-state index in [0.29, 0.717) is 17.0 Å². The minimum absolute atomic E-state index is 0.0375. The van der Waals surface area contributed by atoms with Crippen LogP contribution >= 0.6 is 0 Å². The topological polar surface area (TPSA) is 76.6 Å². The number of rotatable bonds is 5. The van der Waals surface area contributed by atoms with Gasteiger partial charge in [0.1, 0.15) is 0 Å². The summed E-state index contributed by atoms with van der Waals surface area (Å²) in [5, 5.41) is 20.0. The Hall–Kier alpha value is -7.34. The summed E-state index contributed by atoms with van der Waals surface area (Å²) in [4.78, 5) is 12.9. The van der Waals surface area contributed by atoms with E-state index in [-0.39, 0.29) is 17.4 Å². The minimum atomic E-state index is -0.163. The molecule has 0 radical (unpaired) electrons. The highest BCUT2D eigenvalue weighted by Crippen LogP contribution is 2.56. The Kier molecular flexibility index (Phi) is 7.66. The van der Waals surface area contributed by atoms with E-state index >= 15 is 0 Å². The molecule has 0 bridgehead atoms. The number of nitriles is 2. The van der Waals surface area contributed by atoms with Gasteiger partial charge in [0.15, 0.2) is 5.82 Å². The number of anilines is 2. The van der Waals surface area contributed by atoms with Crippen LogP contribution in [0.5, 0.6) is 0 Å². The molecule has 6 aromatic carbocycles. The fourth-order valence-corrected chi connectivity index (χ4v) is 8.89. The Bertz CT molecular complexity index is 2780. The Morgan fingerprint density at radius 3 is 1.84 bits per heavy atom. The van der Waals surface area contributed by atoms with Crippen LogP contribution in [0.1, 0.15) is 47.6 Å². The average molecular weight is 718 g/mol. The standard InChI is InChI=1S/C51H35N5/c1-51(2)44-19-11-9-17-40(44)42-27-43-41-18-10-12-20-48(41)56(49(43)28-45(42)51)39-25-37(36-22-32(30-52)21-33(23-36)31-53)24-38(26-39)50-54-46(34-13-5-3-6-14-34)29-47(55-50)35-15-7-4-8-16-35/h3-29,41,48H,1-2H3. The summed E-state index contributed by atoms with van der Waals surface area (Å²) in [6, 6.07) is 52.5. The van der Waals surface area contributed by atoms with Gasteiger partial charge >= 0.3 is 0 Å². The lowest BCUT2D eigenvalue weighted by atomic mass is 9.81. The van der Waals surface area contributed by atoms with E-state index in [1.54, 1.807) is 6.07 Å². The smallest absolute Gasteiger partial charge is 0.160 e. The number of hydrogen-bond donors (Lipinski definition) is 0. The molecular weight excluding hydrogens is 683 g/mol. The molecule has 2 heterocycles. The van der Waals surface area contributed by atoms with E-state index < -0.39 is 0 Å². The van der Waals surface area contributed by atoms with Gasteiger partial charge < -0.3 is 4.90 Å². The lowest BCUT2D eigenvalue weighted by molar-refractivity contribution is 0.660. The Balaban J connectivity index is 1.22. The summed E-state index contributed by atoms with van der Waals surface area (Å²) >= 11 is 0. The first kappa shape index (κ1) is 33.2. The van der Waals surface area contributed by atoms with Crippen molar-refractivity contribution in [3.8, 4) is 68.3 Å². The number of allylic oxidation sites excluding steroid dienone is 2. The molecule has 1 aliphatic heterocycles. The fourth-order valence-electron chi connectivity index (χ4n) is 8.89. The highest BCUT2D eigenvalue weighted by atomic mass is 15.2. The second-order valence-electron chi connectivity index (χ2n) is 15.3. The molecule has 10 rings (SSSR count). The molecule has 2 atom stereocenters. The van der Waals surface area contributed by atoms with Crippen LogP contribution in [-0.4, -0.2) is 16.0 Å². The summed E-state index contributed by atoms with van der Waals surface area (Å²) < 4.78 is 0. The normalized spacial score (nSPS) is 16.7. The van der Waals surface area contributed by atoms with Crippen LogP contribution in [0.3, 0.4) is 0 Å².